The van der Waals surface area contributed by atoms with Crippen molar-refractivity contribution in [2.24, 2.45) is 0 Å². The molecule has 0 unspecified atom stereocenters. The fourth-order valence-corrected chi connectivity index (χ4v) is 6.86. The summed E-state index contributed by atoms with van der Waals surface area (Å²) < 4.78 is 9.92. The van der Waals surface area contributed by atoms with Crippen molar-refractivity contribution in [1.82, 2.24) is 0 Å². The average Bonchev–Trinajstić information content (AvgIpc) is 2.72. The lowest BCUT2D eigenvalue weighted by molar-refractivity contribution is -0.325. The van der Waals surface area contributed by atoms with Crippen molar-refractivity contribution in [2.45, 2.75) is 89.7 Å². The molecule has 30 heavy (non-hydrogen) atoms. The molecule has 0 N–H and O–H groups in total. The van der Waals surface area contributed by atoms with E-state index in [1.54, 1.807) is 0 Å². The summed E-state index contributed by atoms with van der Waals surface area (Å²) >= 11 is 0. The molecule has 0 saturated carbocycles. The third kappa shape index (κ3) is 2.96. The van der Waals surface area contributed by atoms with Gasteiger partial charge in [-0.05, 0) is 24.0 Å². The second-order valence-corrected chi connectivity index (χ2v) is 10.5. The molecule has 0 amide bonds. The quantitative estimate of drug-likeness (QED) is 0.481. The average molecular weight is 401 g/mol. The summed E-state index contributed by atoms with van der Waals surface area (Å²) in [6.45, 7) is 8.22. The molecule has 3 heterocycles. The van der Waals surface area contributed by atoms with Crippen LogP contribution in [0.4, 0.5) is 5.69 Å². The van der Waals surface area contributed by atoms with E-state index in [2.05, 4.69) is 80.9 Å². The fourth-order valence-electron chi connectivity index (χ4n) is 6.86. The molecule has 3 aliphatic rings. The summed E-state index contributed by atoms with van der Waals surface area (Å²) in [5.74, 6) is 3.38. The Bertz CT molecular complexity index is 928. The number of nitrogens with zero attached hydrogens (tertiary/aromatic N) is 1. The van der Waals surface area contributed by atoms with Crippen molar-refractivity contribution in [1.29, 1.82) is 0 Å². The van der Waals surface area contributed by atoms with Gasteiger partial charge in [0.1, 0.15) is 6.21 Å². The van der Waals surface area contributed by atoms with Crippen LogP contribution >= 0.6 is 0 Å². The first-order valence-electron chi connectivity index (χ1n) is 12.2. The van der Waals surface area contributed by atoms with E-state index in [1.807, 2.05) is 0 Å². The van der Waals surface area contributed by atoms with E-state index in [1.165, 1.54) is 60.9 Å². The molecule has 158 valence electrons. The first kappa shape index (κ1) is 19.9. The van der Waals surface area contributed by atoms with Crippen LogP contribution in [0.25, 0.3) is 0 Å². The van der Waals surface area contributed by atoms with Crippen molar-refractivity contribution < 1.29 is 9.14 Å². The molecule has 0 radical (unpaired) electrons. The van der Waals surface area contributed by atoms with Gasteiger partial charge in [-0.1, -0.05) is 108 Å². The standard InChI is InChI=1S/C27H36BNO/c1-19(2)24-15-9-16-25(20(3)4)27(24)29-18-21-10-5-6-17-26(21)30-28(29)22-11-7-12-23(28)14-8-13-22/h5-6,9-10,15-20,22-23H,7-8,11-14H2,1-4H3. The molecule has 5 rings (SSSR count). The van der Waals surface area contributed by atoms with E-state index >= 15 is 0 Å². The number of benzene rings is 2. The normalized spacial score (nSPS) is 27.7. The highest BCUT2D eigenvalue weighted by Gasteiger charge is 2.60. The topological polar surface area (TPSA) is 12.2 Å². The molecule has 2 aromatic rings. The van der Waals surface area contributed by atoms with Crippen LogP contribution in [0.3, 0.4) is 0 Å². The van der Waals surface area contributed by atoms with E-state index in [4.69, 9.17) is 4.65 Å². The van der Waals surface area contributed by atoms with Crippen LogP contribution in [0.2, 0.25) is 11.6 Å². The molecule has 2 bridgehead atoms. The number of hydrogen-bond acceptors (Lipinski definition) is 1. The Labute approximate surface area is 182 Å². The molecule has 0 atom stereocenters. The van der Waals surface area contributed by atoms with Crippen LogP contribution < -0.4 is 4.65 Å². The summed E-state index contributed by atoms with van der Waals surface area (Å²) in [6.07, 6.45) is 10.4. The van der Waals surface area contributed by atoms with E-state index in [9.17, 15) is 0 Å². The summed E-state index contributed by atoms with van der Waals surface area (Å²) in [5.41, 5.74) is 5.59. The lowest BCUT2D eigenvalue weighted by Crippen LogP contribution is -2.64. The van der Waals surface area contributed by atoms with Gasteiger partial charge in [0.2, 0.25) is 0 Å². The summed E-state index contributed by atoms with van der Waals surface area (Å²) in [4.78, 5) is 0. The first-order valence-corrected chi connectivity index (χ1v) is 12.2. The third-order valence-electron chi connectivity index (χ3n) is 8.20. The third-order valence-corrected chi connectivity index (χ3v) is 8.20. The van der Waals surface area contributed by atoms with Gasteiger partial charge in [0.25, 0.3) is 0 Å². The van der Waals surface area contributed by atoms with Crippen molar-refractivity contribution >= 4 is 18.4 Å². The van der Waals surface area contributed by atoms with Gasteiger partial charge < -0.3 is 9.14 Å². The minimum atomic E-state index is -1.13. The Hall–Kier alpha value is -2.03. The Balaban J connectivity index is 1.82. The van der Waals surface area contributed by atoms with Crippen LogP contribution in [0.1, 0.15) is 94.7 Å². The second-order valence-electron chi connectivity index (χ2n) is 10.5. The monoisotopic (exact) mass is 401 g/mol. The highest BCUT2D eigenvalue weighted by atomic mass is 16.5. The summed E-state index contributed by atoms with van der Waals surface area (Å²) in [5, 5.41) is 0. The highest BCUT2D eigenvalue weighted by Crippen LogP contribution is 2.57. The molecular weight excluding hydrogens is 365 g/mol. The number of para-hydroxylation sites is 2. The van der Waals surface area contributed by atoms with Gasteiger partial charge in [-0.3, -0.25) is 0 Å². The van der Waals surface area contributed by atoms with Crippen molar-refractivity contribution in [2.75, 3.05) is 0 Å². The predicted molar refractivity (Wildman–Crippen MR) is 128 cm³/mol. The van der Waals surface area contributed by atoms with Crippen LogP contribution in [0.15, 0.2) is 42.5 Å². The zero-order chi connectivity index (χ0) is 20.9. The Morgan fingerprint density at radius 2 is 1.37 bits per heavy atom. The molecule has 0 aliphatic carbocycles. The van der Waals surface area contributed by atoms with E-state index in [-0.39, 0.29) is 0 Å². The van der Waals surface area contributed by atoms with Crippen molar-refractivity contribution in [3.8, 4) is 5.75 Å². The van der Waals surface area contributed by atoms with E-state index in [0.717, 1.165) is 5.75 Å². The largest absolute Gasteiger partial charge is 0.658 e. The number of rotatable bonds is 3. The molecule has 2 fully saturated rings. The molecule has 2 nitrogen and oxygen atoms in total. The molecule has 1 spiro atoms. The van der Waals surface area contributed by atoms with Crippen LogP contribution in [0.5, 0.6) is 5.75 Å². The summed E-state index contributed by atoms with van der Waals surface area (Å²) in [6, 6.07) is 15.6. The highest BCUT2D eigenvalue weighted by molar-refractivity contribution is 6.71. The van der Waals surface area contributed by atoms with Crippen LogP contribution in [-0.2, 0) is 0 Å². The van der Waals surface area contributed by atoms with Crippen molar-refractivity contribution in [3.63, 3.8) is 0 Å². The minimum Gasteiger partial charge on any atom is -0.658 e. The molecule has 3 aliphatic heterocycles. The smallest absolute Gasteiger partial charge is 0.461 e. The maximum absolute atomic E-state index is 7.22. The minimum absolute atomic E-state index is 0.487. The molecule has 2 aromatic carbocycles. The van der Waals surface area contributed by atoms with Crippen molar-refractivity contribution in [3.05, 3.63) is 59.2 Å². The zero-order valence-corrected chi connectivity index (χ0v) is 19.1. The fraction of sp³-hybridized carbons (Fsp3) is 0.519. The summed E-state index contributed by atoms with van der Waals surface area (Å²) in [7, 11) is 0. The molecular formula is C27H36BNO. The molecule has 3 heteroatoms. The van der Waals surface area contributed by atoms with Gasteiger partial charge in [0.05, 0.1) is 11.3 Å². The number of fused-ring (bicyclic) bond motifs is 1. The van der Waals surface area contributed by atoms with Crippen LogP contribution in [0, 0.1) is 0 Å². The maximum atomic E-state index is 7.22. The molecule has 2 saturated heterocycles. The molecule has 0 aromatic heterocycles. The SMILES string of the molecule is CC(C)c1cccc(C(C)C)c1[N+]1=Cc2ccccc2O[B-]12C1CCCC2CCC1. The van der Waals surface area contributed by atoms with Gasteiger partial charge >= 0.3 is 6.48 Å². The predicted octanol–water partition coefficient (Wildman–Crippen LogP) is 7.64. The van der Waals surface area contributed by atoms with Gasteiger partial charge in [0.15, 0.2) is 5.69 Å². The lowest BCUT2D eigenvalue weighted by Gasteiger charge is -2.55. The Morgan fingerprint density at radius 3 is 1.93 bits per heavy atom. The Morgan fingerprint density at radius 1 is 0.800 bits per heavy atom. The van der Waals surface area contributed by atoms with Gasteiger partial charge in [-0.15, -0.1) is 0 Å². The van der Waals surface area contributed by atoms with E-state index in [0.29, 0.717) is 23.5 Å². The van der Waals surface area contributed by atoms with Gasteiger partial charge in [0, 0.05) is 11.1 Å². The number of hydrogen-bond donors (Lipinski definition) is 0. The first-order chi connectivity index (χ1) is 14.5. The van der Waals surface area contributed by atoms with E-state index < -0.39 is 6.48 Å². The van der Waals surface area contributed by atoms with Crippen LogP contribution in [-0.4, -0.2) is 17.2 Å². The van der Waals surface area contributed by atoms with Gasteiger partial charge in [-0.25, -0.2) is 0 Å². The zero-order valence-electron chi connectivity index (χ0n) is 19.1. The second kappa shape index (κ2) is 7.59. The van der Waals surface area contributed by atoms with Gasteiger partial charge in [-0.2, -0.15) is 0 Å². The maximum Gasteiger partial charge on any atom is 0.461 e. The Kier molecular flexibility index (Phi) is 5.04. The lowest BCUT2D eigenvalue weighted by atomic mass is 9.26.